The lowest BCUT2D eigenvalue weighted by Gasteiger charge is -2.66. The van der Waals surface area contributed by atoms with Crippen molar-refractivity contribution in [1.29, 1.82) is 0 Å². The van der Waals surface area contributed by atoms with Gasteiger partial charge in [0.05, 0.1) is 12.7 Å². The van der Waals surface area contributed by atoms with E-state index in [1.165, 1.54) is 0 Å². The molecule has 1 aromatic carbocycles. The van der Waals surface area contributed by atoms with Crippen molar-refractivity contribution in [2.75, 3.05) is 27.8 Å². The van der Waals surface area contributed by atoms with Crippen LogP contribution in [0, 0.1) is 5.92 Å². The molecule has 0 radical (unpaired) electrons. The second-order valence-corrected chi connectivity index (χ2v) is 8.00. The molecule has 0 unspecified atom stereocenters. The Kier molecular flexibility index (Phi) is 3.68. The molecule has 5 heteroatoms. The molecule has 1 heterocycles. The minimum absolute atomic E-state index is 0.102. The quantitative estimate of drug-likeness (QED) is 0.891. The van der Waals surface area contributed by atoms with E-state index in [0.29, 0.717) is 18.6 Å². The summed E-state index contributed by atoms with van der Waals surface area (Å²) in [5.41, 5.74) is 1.05. The number of benzene rings is 1. The van der Waals surface area contributed by atoms with Gasteiger partial charge in [0.15, 0.2) is 11.5 Å². The Morgan fingerprint density at radius 1 is 1.28 bits per heavy atom. The summed E-state index contributed by atoms with van der Waals surface area (Å²) in [7, 11) is 5.49. The van der Waals surface area contributed by atoms with Crippen LogP contribution in [0.2, 0.25) is 0 Å². The molecule has 1 aliphatic heterocycles. The Morgan fingerprint density at radius 2 is 2.04 bits per heavy atom. The van der Waals surface area contributed by atoms with E-state index in [-0.39, 0.29) is 23.5 Å². The van der Waals surface area contributed by atoms with Crippen LogP contribution in [0.3, 0.4) is 0 Å². The first-order valence-corrected chi connectivity index (χ1v) is 9.07. The fraction of sp³-hybridized carbons (Fsp3) is 0.650. The zero-order chi connectivity index (χ0) is 18.0. The number of hydrogen-bond acceptors (Lipinski definition) is 5. The number of carbonyl (C=O) groups is 1. The van der Waals surface area contributed by atoms with E-state index in [1.807, 2.05) is 12.1 Å². The molecule has 1 aromatic rings. The Hall–Kier alpha value is -1.59. The van der Waals surface area contributed by atoms with E-state index in [0.717, 1.165) is 30.5 Å². The summed E-state index contributed by atoms with van der Waals surface area (Å²) >= 11 is 0. The van der Waals surface area contributed by atoms with Crippen molar-refractivity contribution in [3.8, 4) is 11.5 Å². The summed E-state index contributed by atoms with van der Waals surface area (Å²) in [6.45, 7) is 3.02. The van der Waals surface area contributed by atoms with Crippen molar-refractivity contribution in [3.05, 3.63) is 23.3 Å². The van der Waals surface area contributed by atoms with E-state index in [9.17, 15) is 9.90 Å². The van der Waals surface area contributed by atoms with Crippen LogP contribution in [0.5, 0.6) is 11.5 Å². The number of nitrogens with zero attached hydrogens (tertiary/aromatic N) is 1. The van der Waals surface area contributed by atoms with Crippen molar-refractivity contribution >= 4 is 5.78 Å². The van der Waals surface area contributed by atoms with Crippen molar-refractivity contribution in [2.24, 2.45) is 5.92 Å². The van der Waals surface area contributed by atoms with Crippen LogP contribution in [0.15, 0.2) is 12.1 Å². The molecule has 25 heavy (non-hydrogen) atoms. The maximum absolute atomic E-state index is 12.7. The maximum Gasteiger partial charge on any atom is 0.161 e. The van der Waals surface area contributed by atoms with E-state index in [2.05, 4.69) is 18.9 Å². The van der Waals surface area contributed by atoms with E-state index < -0.39 is 11.0 Å². The number of likely N-dealkylation sites (tertiary alicyclic amines) is 1. The first-order chi connectivity index (χ1) is 11.9. The molecule has 0 aromatic heterocycles. The molecule has 1 saturated heterocycles. The predicted molar refractivity (Wildman–Crippen MR) is 94.2 cm³/mol. The van der Waals surface area contributed by atoms with Gasteiger partial charge in [0.1, 0.15) is 5.78 Å². The molecule has 2 fully saturated rings. The van der Waals surface area contributed by atoms with Gasteiger partial charge in [0.2, 0.25) is 0 Å². The van der Waals surface area contributed by atoms with Gasteiger partial charge in [0, 0.05) is 37.0 Å². The minimum Gasteiger partial charge on any atom is -0.504 e. The number of carbonyl (C=O) groups excluding carboxylic acids is 1. The Morgan fingerprint density at radius 3 is 2.72 bits per heavy atom. The fourth-order valence-corrected chi connectivity index (χ4v) is 6.23. The number of hydrogen-bond donors (Lipinski definition) is 1. The number of phenolic OH excluding ortho intramolecular Hbond substituents is 1. The van der Waals surface area contributed by atoms with Crippen molar-refractivity contribution in [3.63, 3.8) is 0 Å². The smallest absolute Gasteiger partial charge is 0.161 e. The van der Waals surface area contributed by atoms with Gasteiger partial charge in [-0.25, -0.2) is 0 Å². The lowest BCUT2D eigenvalue weighted by atomic mass is 9.46. The van der Waals surface area contributed by atoms with Gasteiger partial charge >= 0.3 is 0 Å². The predicted octanol–water partition coefficient (Wildman–Crippen LogP) is 2.28. The maximum atomic E-state index is 12.7. The third-order valence-corrected chi connectivity index (χ3v) is 7.11. The standard InChI is InChI=1S/C20H27NO4/c1-12-9-14(22)11-19-7-8-21(2)16(20(12,19)25-4)10-13-5-6-15(24-3)18(23)17(13)19/h5-6,12,16,23H,7-11H2,1-4H3/t12-,16-,19+,20-/m1/s1. The molecular formula is C20H27NO4. The van der Waals surface area contributed by atoms with Gasteiger partial charge in [-0.3, -0.25) is 4.79 Å². The van der Waals surface area contributed by atoms with Crippen LogP contribution < -0.4 is 4.74 Å². The van der Waals surface area contributed by atoms with Crippen LogP contribution in [0.1, 0.15) is 37.3 Å². The van der Waals surface area contributed by atoms with E-state index >= 15 is 0 Å². The number of rotatable bonds is 2. The zero-order valence-electron chi connectivity index (χ0n) is 15.5. The van der Waals surface area contributed by atoms with E-state index in [4.69, 9.17) is 9.47 Å². The average Bonchev–Trinajstić information content (AvgIpc) is 2.57. The van der Waals surface area contributed by atoms with Crippen molar-refractivity contribution < 1.29 is 19.4 Å². The third-order valence-electron chi connectivity index (χ3n) is 7.11. The summed E-state index contributed by atoms with van der Waals surface area (Å²) in [5, 5.41) is 11.0. The van der Waals surface area contributed by atoms with Crippen LogP contribution in [0.25, 0.3) is 0 Å². The lowest BCUT2D eigenvalue weighted by Crippen LogP contribution is -2.76. The zero-order valence-corrected chi connectivity index (χ0v) is 15.5. The molecule has 4 rings (SSSR count). The van der Waals surface area contributed by atoms with Gasteiger partial charge in [-0.1, -0.05) is 13.0 Å². The minimum atomic E-state index is -0.486. The van der Waals surface area contributed by atoms with Crippen molar-refractivity contribution in [1.82, 2.24) is 4.90 Å². The SMILES string of the molecule is COc1ccc2c(c1O)[C@@]13CCN(C)[C@H](C2)[C@]1(OC)[C@H](C)CC(=O)C3. The normalized spacial score (nSPS) is 37.4. The van der Waals surface area contributed by atoms with Crippen molar-refractivity contribution in [2.45, 2.75) is 49.7 Å². The number of aromatic hydroxyl groups is 1. The Balaban J connectivity index is 2.06. The highest BCUT2D eigenvalue weighted by Gasteiger charge is 2.68. The number of fused-ring (bicyclic) bond motifs is 1. The summed E-state index contributed by atoms with van der Waals surface area (Å²) in [4.78, 5) is 15.0. The molecule has 3 aliphatic rings. The number of piperidine rings is 1. The van der Waals surface area contributed by atoms with Gasteiger partial charge in [-0.15, -0.1) is 0 Å². The van der Waals surface area contributed by atoms with Gasteiger partial charge in [-0.05, 0) is 44.0 Å². The number of Topliss-reactive ketones (excluding diaryl/α,β-unsaturated/α-hetero) is 1. The first kappa shape index (κ1) is 16.9. The molecule has 1 saturated carbocycles. The molecular weight excluding hydrogens is 318 g/mol. The summed E-state index contributed by atoms with van der Waals surface area (Å²) in [6.07, 6.45) is 2.60. The highest BCUT2D eigenvalue weighted by Crippen LogP contribution is 2.63. The monoisotopic (exact) mass is 345 g/mol. The largest absolute Gasteiger partial charge is 0.504 e. The van der Waals surface area contributed by atoms with Gasteiger partial charge < -0.3 is 19.5 Å². The van der Waals surface area contributed by atoms with Crippen LogP contribution in [-0.4, -0.2) is 55.2 Å². The first-order valence-electron chi connectivity index (χ1n) is 9.07. The highest BCUT2D eigenvalue weighted by atomic mass is 16.5. The lowest BCUT2D eigenvalue weighted by molar-refractivity contribution is -0.206. The summed E-state index contributed by atoms with van der Waals surface area (Å²) in [5.74, 6) is 1.02. The molecule has 2 aliphatic carbocycles. The molecule has 5 nitrogen and oxygen atoms in total. The van der Waals surface area contributed by atoms with Gasteiger partial charge in [-0.2, -0.15) is 0 Å². The average molecular weight is 345 g/mol. The molecule has 0 amide bonds. The fourth-order valence-electron chi connectivity index (χ4n) is 6.23. The molecule has 0 spiro atoms. The van der Waals surface area contributed by atoms with Crippen LogP contribution >= 0.6 is 0 Å². The molecule has 136 valence electrons. The number of methoxy groups -OCH3 is 2. The van der Waals surface area contributed by atoms with Crippen LogP contribution in [-0.2, 0) is 21.4 Å². The molecule has 1 N–H and O–H groups in total. The van der Waals surface area contributed by atoms with Crippen LogP contribution in [0.4, 0.5) is 0 Å². The molecule has 2 bridgehead atoms. The number of ketones is 1. The number of likely N-dealkylation sites (N-methyl/N-ethyl adjacent to an activating group) is 1. The topological polar surface area (TPSA) is 59.0 Å². The second-order valence-electron chi connectivity index (χ2n) is 8.00. The number of ether oxygens (including phenoxy) is 2. The Labute approximate surface area is 148 Å². The highest BCUT2D eigenvalue weighted by molar-refractivity contribution is 5.83. The second kappa shape index (κ2) is 5.45. The summed E-state index contributed by atoms with van der Waals surface area (Å²) < 4.78 is 11.7. The Bertz CT molecular complexity index is 733. The summed E-state index contributed by atoms with van der Waals surface area (Å²) in [6, 6.07) is 4.08. The van der Waals surface area contributed by atoms with Gasteiger partial charge in [0.25, 0.3) is 0 Å². The van der Waals surface area contributed by atoms with E-state index in [1.54, 1.807) is 14.2 Å². The third kappa shape index (κ3) is 1.88. The number of phenols is 1. The molecule has 4 atom stereocenters.